The maximum atomic E-state index is 10.2. The van der Waals surface area contributed by atoms with Crippen LogP contribution in [0.3, 0.4) is 0 Å². The third-order valence-corrected chi connectivity index (χ3v) is 3.80. The predicted octanol–water partition coefficient (Wildman–Crippen LogP) is 2.78. The average molecular weight is 281 g/mol. The summed E-state index contributed by atoms with van der Waals surface area (Å²) >= 11 is 0. The van der Waals surface area contributed by atoms with Crippen LogP contribution in [0.15, 0.2) is 54.6 Å². The third-order valence-electron chi connectivity index (χ3n) is 3.80. The summed E-state index contributed by atoms with van der Waals surface area (Å²) in [6, 6.07) is 17.8. The Morgan fingerprint density at radius 2 is 1.76 bits per heavy atom. The molecule has 0 saturated heterocycles. The second-order valence-corrected chi connectivity index (χ2v) is 5.33. The Morgan fingerprint density at radius 1 is 1.10 bits per heavy atom. The molecule has 21 heavy (non-hydrogen) atoms. The van der Waals surface area contributed by atoms with Crippen molar-refractivity contribution < 1.29 is 5.11 Å². The molecule has 0 bridgehead atoms. The summed E-state index contributed by atoms with van der Waals surface area (Å²) in [6.45, 7) is 1.79. The minimum Gasteiger partial charge on any atom is -0.391 e. The zero-order valence-corrected chi connectivity index (χ0v) is 12.0. The van der Waals surface area contributed by atoms with Gasteiger partial charge < -0.3 is 15.4 Å². The number of benzene rings is 2. The first kappa shape index (κ1) is 13.6. The molecule has 0 aliphatic rings. The number of para-hydroxylation sites is 2. The van der Waals surface area contributed by atoms with Crippen molar-refractivity contribution in [2.75, 3.05) is 5.73 Å². The van der Waals surface area contributed by atoms with Gasteiger partial charge in [-0.15, -0.1) is 0 Å². The molecule has 0 aliphatic heterocycles. The van der Waals surface area contributed by atoms with Crippen LogP contribution in [0.1, 0.15) is 18.5 Å². The van der Waals surface area contributed by atoms with Gasteiger partial charge in [0, 0.05) is 0 Å². The SMILES string of the molecule is CC(O)[C@@H](Cc1ccccc1)n1c(N)nc2ccccc21. The van der Waals surface area contributed by atoms with E-state index in [9.17, 15) is 5.11 Å². The molecule has 108 valence electrons. The van der Waals surface area contributed by atoms with Crippen molar-refractivity contribution in [1.82, 2.24) is 9.55 Å². The van der Waals surface area contributed by atoms with Crippen molar-refractivity contribution in [2.45, 2.75) is 25.5 Å². The quantitative estimate of drug-likeness (QED) is 0.773. The van der Waals surface area contributed by atoms with Crippen LogP contribution in [-0.2, 0) is 6.42 Å². The molecule has 3 aromatic rings. The van der Waals surface area contributed by atoms with Crippen LogP contribution < -0.4 is 5.73 Å². The molecule has 3 N–H and O–H groups in total. The van der Waals surface area contributed by atoms with E-state index in [0.717, 1.165) is 11.0 Å². The Hall–Kier alpha value is -2.33. The molecule has 0 spiro atoms. The largest absolute Gasteiger partial charge is 0.391 e. The second-order valence-electron chi connectivity index (χ2n) is 5.33. The number of rotatable bonds is 4. The Labute approximate surface area is 123 Å². The lowest BCUT2D eigenvalue weighted by Crippen LogP contribution is -2.25. The smallest absolute Gasteiger partial charge is 0.201 e. The van der Waals surface area contributed by atoms with Gasteiger partial charge in [-0.2, -0.15) is 0 Å². The van der Waals surface area contributed by atoms with E-state index in [1.165, 1.54) is 5.56 Å². The highest BCUT2D eigenvalue weighted by Gasteiger charge is 2.22. The van der Waals surface area contributed by atoms with Crippen molar-refractivity contribution in [2.24, 2.45) is 0 Å². The molecule has 1 heterocycles. The molecule has 1 unspecified atom stereocenters. The lowest BCUT2D eigenvalue weighted by molar-refractivity contribution is 0.132. The number of anilines is 1. The highest BCUT2D eigenvalue weighted by molar-refractivity contribution is 5.78. The first-order chi connectivity index (χ1) is 10.2. The average Bonchev–Trinajstić information content (AvgIpc) is 2.81. The van der Waals surface area contributed by atoms with Gasteiger partial charge in [0.05, 0.1) is 23.2 Å². The predicted molar refractivity (Wildman–Crippen MR) is 85.0 cm³/mol. The topological polar surface area (TPSA) is 64.1 Å². The maximum Gasteiger partial charge on any atom is 0.201 e. The summed E-state index contributed by atoms with van der Waals surface area (Å²) < 4.78 is 1.94. The van der Waals surface area contributed by atoms with E-state index in [2.05, 4.69) is 17.1 Å². The van der Waals surface area contributed by atoms with E-state index in [-0.39, 0.29) is 6.04 Å². The number of fused-ring (bicyclic) bond motifs is 1. The lowest BCUT2D eigenvalue weighted by atomic mass is 10.0. The van der Waals surface area contributed by atoms with Crippen LogP contribution in [0.4, 0.5) is 5.95 Å². The van der Waals surface area contributed by atoms with Crippen LogP contribution in [0, 0.1) is 0 Å². The van der Waals surface area contributed by atoms with Crippen molar-refractivity contribution in [1.29, 1.82) is 0 Å². The molecule has 2 atom stereocenters. The second kappa shape index (κ2) is 5.58. The van der Waals surface area contributed by atoms with Crippen molar-refractivity contribution in [3.05, 3.63) is 60.2 Å². The summed E-state index contributed by atoms with van der Waals surface area (Å²) in [7, 11) is 0. The number of nitrogens with zero attached hydrogens (tertiary/aromatic N) is 2. The molecule has 3 rings (SSSR count). The molecule has 1 aromatic heterocycles. The van der Waals surface area contributed by atoms with Gasteiger partial charge in [-0.3, -0.25) is 0 Å². The van der Waals surface area contributed by atoms with E-state index in [1.807, 2.05) is 47.0 Å². The molecular formula is C17H19N3O. The number of nitrogens with two attached hydrogens (primary N) is 1. The third kappa shape index (κ3) is 2.62. The molecule has 0 saturated carbocycles. The highest BCUT2D eigenvalue weighted by Crippen LogP contribution is 2.27. The van der Waals surface area contributed by atoms with Crippen LogP contribution in [0.5, 0.6) is 0 Å². The fraction of sp³-hybridized carbons (Fsp3) is 0.235. The van der Waals surface area contributed by atoms with Gasteiger partial charge in [-0.1, -0.05) is 42.5 Å². The number of hydrogen-bond donors (Lipinski definition) is 2. The Morgan fingerprint density at radius 3 is 2.48 bits per heavy atom. The van der Waals surface area contributed by atoms with Gasteiger partial charge in [-0.05, 0) is 31.0 Å². The Bertz CT molecular complexity index is 734. The Balaban J connectivity index is 2.06. The molecule has 2 aromatic carbocycles. The van der Waals surface area contributed by atoms with Crippen molar-refractivity contribution in [3.63, 3.8) is 0 Å². The number of aliphatic hydroxyl groups excluding tert-OH is 1. The molecule has 4 heteroatoms. The van der Waals surface area contributed by atoms with Crippen molar-refractivity contribution >= 4 is 17.0 Å². The minimum absolute atomic E-state index is 0.139. The number of aliphatic hydroxyl groups is 1. The summed E-state index contributed by atoms with van der Waals surface area (Å²) in [6.07, 6.45) is 0.188. The van der Waals surface area contributed by atoms with Gasteiger partial charge in [0.15, 0.2) is 0 Å². The number of aromatic nitrogens is 2. The van der Waals surface area contributed by atoms with Crippen LogP contribution >= 0.6 is 0 Å². The van der Waals surface area contributed by atoms with Gasteiger partial charge in [0.1, 0.15) is 0 Å². The van der Waals surface area contributed by atoms with Gasteiger partial charge >= 0.3 is 0 Å². The summed E-state index contributed by atoms with van der Waals surface area (Å²) in [5, 5.41) is 10.2. The number of nitrogen functional groups attached to an aromatic ring is 1. The minimum atomic E-state index is -0.523. The summed E-state index contributed by atoms with van der Waals surface area (Å²) in [4.78, 5) is 4.39. The molecular weight excluding hydrogens is 262 g/mol. The first-order valence-electron chi connectivity index (χ1n) is 7.11. The van der Waals surface area contributed by atoms with Crippen LogP contribution in [-0.4, -0.2) is 20.8 Å². The van der Waals surface area contributed by atoms with Gasteiger partial charge in [-0.25, -0.2) is 4.98 Å². The summed E-state index contributed by atoms with van der Waals surface area (Å²) in [5.74, 6) is 0.443. The zero-order chi connectivity index (χ0) is 14.8. The van der Waals surface area contributed by atoms with Gasteiger partial charge in [0.2, 0.25) is 5.95 Å². The van der Waals surface area contributed by atoms with E-state index in [4.69, 9.17) is 5.73 Å². The zero-order valence-electron chi connectivity index (χ0n) is 12.0. The summed E-state index contributed by atoms with van der Waals surface area (Å²) in [5.41, 5.74) is 9.06. The van der Waals surface area contributed by atoms with E-state index in [0.29, 0.717) is 12.4 Å². The lowest BCUT2D eigenvalue weighted by Gasteiger charge is -2.23. The van der Waals surface area contributed by atoms with Gasteiger partial charge in [0.25, 0.3) is 0 Å². The fourth-order valence-electron chi connectivity index (χ4n) is 2.74. The van der Waals surface area contributed by atoms with Crippen LogP contribution in [0.25, 0.3) is 11.0 Å². The number of hydrogen-bond acceptors (Lipinski definition) is 3. The van der Waals surface area contributed by atoms with E-state index < -0.39 is 6.10 Å². The molecule has 4 nitrogen and oxygen atoms in total. The highest BCUT2D eigenvalue weighted by atomic mass is 16.3. The maximum absolute atomic E-state index is 10.2. The molecule has 0 radical (unpaired) electrons. The molecule has 0 amide bonds. The van der Waals surface area contributed by atoms with Crippen LogP contribution in [0.2, 0.25) is 0 Å². The monoisotopic (exact) mass is 281 g/mol. The fourth-order valence-corrected chi connectivity index (χ4v) is 2.74. The molecule has 0 fully saturated rings. The molecule has 0 aliphatic carbocycles. The Kier molecular flexibility index (Phi) is 3.62. The normalized spacial score (nSPS) is 14.2. The van der Waals surface area contributed by atoms with E-state index >= 15 is 0 Å². The van der Waals surface area contributed by atoms with E-state index in [1.54, 1.807) is 6.92 Å². The first-order valence-corrected chi connectivity index (χ1v) is 7.11. The standard InChI is InChI=1S/C17H19N3O/c1-12(21)16(11-13-7-3-2-4-8-13)20-15-10-6-5-9-14(15)19-17(20)18/h2-10,12,16,21H,11H2,1H3,(H2,18,19)/t12?,16-/m1/s1. The van der Waals surface area contributed by atoms with Crippen molar-refractivity contribution in [3.8, 4) is 0 Å². The number of imidazole rings is 1.